The third kappa shape index (κ3) is 5.36. The number of pyridine rings is 2. The summed E-state index contributed by atoms with van der Waals surface area (Å²) in [5, 5.41) is 8.66. The van der Waals surface area contributed by atoms with Gasteiger partial charge in [0.2, 0.25) is 0 Å². The average molecular weight is 494 g/mol. The molecule has 1 amide bonds. The molecule has 10 heteroatoms. The molecule has 4 N–H and O–H groups in total. The monoisotopic (exact) mass is 493 g/mol. The van der Waals surface area contributed by atoms with Gasteiger partial charge in [0.25, 0.3) is 5.91 Å². The Morgan fingerprint density at radius 1 is 1.11 bits per heavy atom. The van der Waals surface area contributed by atoms with Crippen molar-refractivity contribution in [3.8, 4) is 11.3 Å². The number of hydrogen-bond acceptors (Lipinski definition) is 7. The number of nitrogens with one attached hydrogen (secondary N) is 1. The van der Waals surface area contributed by atoms with Gasteiger partial charge >= 0.3 is 0 Å². The maximum absolute atomic E-state index is 13.3. The van der Waals surface area contributed by atoms with Crippen LogP contribution in [0.15, 0.2) is 48.8 Å². The second kappa shape index (κ2) is 10.7. The second-order valence-electron chi connectivity index (χ2n) is 8.57. The van der Waals surface area contributed by atoms with Crippen molar-refractivity contribution >= 4 is 45.9 Å². The van der Waals surface area contributed by atoms with E-state index in [-0.39, 0.29) is 5.91 Å². The first-order valence-corrected chi connectivity index (χ1v) is 11.7. The van der Waals surface area contributed by atoms with Crippen LogP contribution in [0.1, 0.15) is 35.3 Å². The highest BCUT2D eigenvalue weighted by atomic mass is 35.5. The standard InChI is InChI=1S/C25H27N7O.ClHO/c1-16-6-8-19(28-24(16)17-7-9-23(26)27-14-17)25(33)29-21-12-18-15-31(2)30-20(18)13-22(21)32-10-4-3-5-11-32;1-2/h6-9,12-15H,3-5,10-11H2,1-2H3,(H2,26,27)(H,29,33);2H. The number of fused-ring (bicyclic) bond motifs is 1. The Labute approximate surface area is 208 Å². The molecule has 1 aliphatic rings. The molecule has 1 saturated heterocycles. The number of nitrogens with two attached hydrogens (primary N) is 1. The van der Waals surface area contributed by atoms with E-state index < -0.39 is 0 Å². The molecule has 0 atom stereocenters. The molecule has 1 fully saturated rings. The van der Waals surface area contributed by atoms with Crippen LogP contribution in [0.3, 0.4) is 0 Å². The summed E-state index contributed by atoms with van der Waals surface area (Å²) >= 11 is 3.64. The average Bonchev–Trinajstić information content (AvgIpc) is 3.25. The fourth-order valence-corrected chi connectivity index (χ4v) is 4.36. The van der Waals surface area contributed by atoms with Crippen molar-refractivity contribution in [3.63, 3.8) is 0 Å². The van der Waals surface area contributed by atoms with Crippen LogP contribution >= 0.6 is 11.9 Å². The molecule has 5 rings (SSSR count). The molecule has 4 aromatic rings. The Balaban J connectivity index is 0.00000141. The number of anilines is 3. The molecule has 0 saturated carbocycles. The Hall–Kier alpha value is -3.69. The lowest BCUT2D eigenvalue weighted by molar-refractivity contribution is 0.102. The third-order valence-electron chi connectivity index (χ3n) is 6.07. The van der Waals surface area contributed by atoms with Crippen molar-refractivity contribution < 1.29 is 9.45 Å². The lowest BCUT2D eigenvalue weighted by Crippen LogP contribution is -2.30. The molecule has 9 nitrogen and oxygen atoms in total. The minimum Gasteiger partial charge on any atom is -0.384 e. The van der Waals surface area contributed by atoms with Crippen LogP contribution in [0.4, 0.5) is 17.2 Å². The van der Waals surface area contributed by atoms with Gasteiger partial charge in [-0.15, -0.1) is 0 Å². The van der Waals surface area contributed by atoms with E-state index in [9.17, 15) is 4.79 Å². The first kappa shape index (κ1) is 24.4. The lowest BCUT2D eigenvalue weighted by atomic mass is 10.1. The molecule has 1 aliphatic heterocycles. The van der Waals surface area contributed by atoms with E-state index in [4.69, 9.17) is 10.4 Å². The molecule has 35 heavy (non-hydrogen) atoms. The summed E-state index contributed by atoms with van der Waals surface area (Å²) in [6, 6.07) is 11.3. The second-order valence-corrected chi connectivity index (χ2v) is 8.57. The molecule has 1 aromatic carbocycles. The van der Waals surface area contributed by atoms with E-state index in [1.807, 2.05) is 38.4 Å². The van der Waals surface area contributed by atoms with Crippen LogP contribution < -0.4 is 16.0 Å². The first-order valence-electron chi connectivity index (χ1n) is 11.4. The van der Waals surface area contributed by atoms with Gasteiger partial charge in [-0.05, 0) is 62.1 Å². The molecule has 0 unspecified atom stereocenters. The number of aromatic nitrogens is 4. The van der Waals surface area contributed by atoms with E-state index in [1.165, 1.54) is 6.42 Å². The summed E-state index contributed by atoms with van der Waals surface area (Å²) in [5.41, 5.74) is 11.3. The molecule has 0 aliphatic carbocycles. The summed E-state index contributed by atoms with van der Waals surface area (Å²) in [6.45, 7) is 3.90. The van der Waals surface area contributed by atoms with Crippen LogP contribution in [0.2, 0.25) is 0 Å². The van der Waals surface area contributed by atoms with Gasteiger partial charge in [0.1, 0.15) is 11.5 Å². The number of nitrogens with zero attached hydrogens (tertiary/aromatic N) is 5. The zero-order valence-electron chi connectivity index (χ0n) is 19.7. The third-order valence-corrected chi connectivity index (χ3v) is 6.07. The number of hydrogen-bond donors (Lipinski definition) is 3. The van der Waals surface area contributed by atoms with Crippen molar-refractivity contribution in [2.75, 3.05) is 29.0 Å². The smallest absolute Gasteiger partial charge is 0.274 e. The Kier molecular flexibility index (Phi) is 7.48. The van der Waals surface area contributed by atoms with Gasteiger partial charge in [-0.25, -0.2) is 9.97 Å². The number of piperidine rings is 1. The van der Waals surface area contributed by atoms with Gasteiger partial charge in [0, 0.05) is 43.5 Å². The van der Waals surface area contributed by atoms with Gasteiger partial charge < -0.3 is 16.0 Å². The number of nitrogen functional groups attached to an aromatic ring is 1. The van der Waals surface area contributed by atoms with Gasteiger partial charge in [-0.1, -0.05) is 6.07 Å². The number of carbonyl (C=O) groups is 1. The quantitative estimate of drug-likeness (QED) is 0.387. The molecule has 4 heterocycles. The van der Waals surface area contributed by atoms with Crippen LogP contribution in [-0.4, -0.2) is 43.4 Å². The number of amides is 1. The maximum Gasteiger partial charge on any atom is 0.274 e. The highest BCUT2D eigenvalue weighted by Gasteiger charge is 2.19. The molecule has 182 valence electrons. The minimum absolute atomic E-state index is 0.249. The van der Waals surface area contributed by atoms with Crippen LogP contribution in [0, 0.1) is 6.92 Å². The predicted molar refractivity (Wildman–Crippen MR) is 139 cm³/mol. The van der Waals surface area contributed by atoms with Crippen LogP contribution in [-0.2, 0) is 7.05 Å². The zero-order valence-corrected chi connectivity index (χ0v) is 20.5. The molecule has 0 radical (unpaired) electrons. The van der Waals surface area contributed by atoms with E-state index >= 15 is 0 Å². The minimum atomic E-state index is -0.249. The van der Waals surface area contributed by atoms with Crippen molar-refractivity contribution in [1.29, 1.82) is 0 Å². The van der Waals surface area contributed by atoms with Crippen LogP contribution in [0.25, 0.3) is 22.2 Å². The van der Waals surface area contributed by atoms with Gasteiger partial charge in [0.05, 0.1) is 34.5 Å². The summed E-state index contributed by atoms with van der Waals surface area (Å²) in [5.74, 6) is 0.197. The molecule has 0 spiro atoms. The van der Waals surface area contributed by atoms with Gasteiger partial charge in [-0.2, -0.15) is 5.10 Å². The SMILES string of the molecule is Cc1ccc(C(=O)Nc2cc3cn(C)nc3cc2N2CCCCC2)nc1-c1ccc(N)nc1.OCl. The highest BCUT2D eigenvalue weighted by molar-refractivity contribution is 6.06. The summed E-state index contributed by atoms with van der Waals surface area (Å²) in [6.07, 6.45) is 7.16. The van der Waals surface area contributed by atoms with Crippen molar-refractivity contribution in [2.45, 2.75) is 26.2 Å². The predicted octanol–water partition coefficient (Wildman–Crippen LogP) is 4.30. The summed E-state index contributed by atoms with van der Waals surface area (Å²) < 4.78 is 8.27. The first-order chi connectivity index (χ1) is 17.0. The van der Waals surface area contributed by atoms with Crippen molar-refractivity contribution in [2.24, 2.45) is 7.05 Å². The fourth-order valence-electron chi connectivity index (χ4n) is 4.36. The van der Waals surface area contributed by atoms with E-state index in [1.54, 1.807) is 23.0 Å². The van der Waals surface area contributed by atoms with Crippen molar-refractivity contribution in [1.82, 2.24) is 19.7 Å². The normalized spacial score (nSPS) is 13.3. The maximum atomic E-state index is 13.3. The number of aryl methyl sites for hydroxylation is 2. The molecule has 0 bridgehead atoms. The molecular formula is C25H28ClN7O2. The molecule has 3 aromatic heterocycles. The Morgan fingerprint density at radius 3 is 2.60 bits per heavy atom. The highest BCUT2D eigenvalue weighted by Crippen LogP contribution is 2.33. The topological polar surface area (TPSA) is 122 Å². The Morgan fingerprint density at radius 2 is 1.89 bits per heavy atom. The summed E-state index contributed by atoms with van der Waals surface area (Å²) in [7, 11) is 1.91. The molecular weight excluding hydrogens is 466 g/mol. The number of carbonyl (C=O) groups excluding carboxylic acids is 1. The number of halogens is 1. The lowest BCUT2D eigenvalue weighted by Gasteiger charge is -2.30. The number of benzene rings is 1. The Bertz CT molecular complexity index is 1330. The largest absolute Gasteiger partial charge is 0.384 e. The van der Waals surface area contributed by atoms with E-state index in [0.29, 0.717) is 17.2 Å². The van der Waals surface area contributed by atoms with Gasteiger partial charge in [0.15, 0.2) is 0 Å². The van der Waals surface area contributed by atoms with E-state index in [2.05, 4.69) is 43.2 Å². The van der Waals surface area contributed by atoms with E-state index in [0.717, 1.165) is 59.3 Å². The number of rotatable bonds is 4. The van der Waals surface area contributed by atoms with Gasteiger partial charge in [-0.3, -0.25) is 14.1 Å². The zero-order chi connectivity index (χ0) is 24.9. The fraction of sp³-hybridized carbons (Fsp3) is 0.280. The van der Waals surface area contributed by atoms with Crippen molar-refractivity contribution in [3.05, 3.63) is 60.0 Å². The van der Waals surface area contributed by atoms with Crippen LogP contribution in [0.5, 0.6) is 0 Å². The summed E-state index contributed by atoms with van der Waals surface area (Å²) in [4.78, 5) is 24.4.